The predicted octanol–water partition coefficient (Wildman–Crippen LogP) is -0.373. The van der Waals surface area contributed by atoms with Crippen molar-refractivity contribution < 1.29 is 19.4 Å². The monoisotopic (exact) mass is 147 g/mol. The summed E-state index contributed by atoms with van der Waals surface area (Å²) in [7, 11) is 0. The molecule has 1 amide bonds. The van der Waals surface area contributed by atoms with Crippen molar-refractivity contribution in [2.24, 2.45) is 0 Å². The van der Waals surface area contributed by atoms with E-state index >= 15 is 0 Å². The molecule has 0 saturated carbocycles. The number of nitrogens with one attached hydrogen (secondary N) is 1. The lowest BCUT2D eigenvalue weighted by molar-refractivity contribution is -0.0977. The van der Waals surface area contributed by atoms with Gasteiger partial charge in [0.15, 0.2) is 6.23 Å². The Morgan fingerprint density at radius 3 is 2.90 bits per heavy atom. The molecular formula is C5H9NO4. The van der Waals surface area contributed by atoms with Crippen molar-refractivity contribution in [3.05, 3.63) is 0 Å². The van der Waals surface area contributed by atoms with Crippen LogP contribution in [0.25, 0.3) is 0 Å². The Labute approximate surface area is 57.9 Å². The number of hydrogen-bond acceptors (Lipinski definition) is 3. The van der Waals surface area contributed by atoms with E-state index in [1.807, 2.05) is 0 Å². The van der Waals surface area contributed by atoms with Gasteiger partial charge in [0.25, 0.3) is 0 Å². The smallest absolute Gasteiger partial charge is 0.406 e. The van der Waals surface area contributed by atoms with Crippen LogP contribution in [-0.2, 0) is 9.47 Å². The number of amides is 1. The third kappa shape index (κ3) is 2.20. The van der Waals surface area contributed by atoms with Gasteiger partial charge in [-0.15, -0.1) is 0 Å². The van der Waals surface area contributed by atoms with Gasteiger partial charge in [0.1, 0.15) is 0 Å². The van der Waals surface area contributed by atoms with E-state index in [0.717, 1.165) is 0 Å². The van der Waals surface area contributed by atoms with Crippen LogP contribution in [0.2, 0.25) is 0 Å². The standard InChI is InChI=1S/C5H9NO4/c7-5(8)6-4-3-9-1-2-10-4/h4,6H,1-3H2,(H,7,8). The first-order valence-electron chi connectivity index (χ1n) is 2.98. The van der Waals surface area contributed by atoms with Gasteiger partial charge in [0.2, 0.25) is 0 Å². The molecule has 1 atom stereocenters. The Hall–Kier alpha value is -0.810. The summed E-state index contributed by atoms with van der Waals surface area (Å²) in [5.41, 5.74) is 0. The first-order valence-corrected chi connectivity index (χ1v) is 2.98. The first kappa shape index (κ1) is 7.30. The van der Waals surface area contributed by atoms with Crippen molar-refractivity contribution in [1.82, 2.24) is 5.32 Å². The molecule has 10 heavy (non-hydrogen) atoms. The van der Waals surface area contributed by atoms with E-state index in [1.54, 1.807) is 0 Å². The zero-order chi connectivity index (χ0) is 7.40. The van der Waals surface area contributed by atoms with Crippen LogP contribution < -0.4 is 5.32 Å². The normalized spacial score (nSPS) is 25.8. The molecule has 0 aromatic rings. The largest absolute Gasteiger partial charge is 0.465 e. The number of carbonyl (C=O) groups is 1. The van der Waals surface area contributed by atoms with Gasteiger partial charge in [-0.25, -0.2) is 4.79 Å². The fourth-order valence-corrected chi connectivity index (χ4v) is 0.709. The summed E-state index contributed by atoms with van der Waals surface area (Å²) in [5, 5.41) is 10.4. The predicted molar refractivity (Wildman–Crippen MR) is 31.7 cm³/mol. The van der Waals surface area contributed by atoms with Crippen LogP contribution in [0.4, 0.5) is 4.79 Å². The molecule has 1 aliphatic rings. The van der Waals surface area contributed by atoms with Gasteiger partial charge in [-0.1, -0.05) is 0 Å². The molecule has 0 bridgehead atoms. The summed E-state index contributed by atoms with van der Waals surface area (Å²) in [4.78, 5) is 10.0. The molecule has 5 heteroatoms. The van der Waals surface area contributed by atoms with Crippen molar-refractivity contribution >= 4 is 6.09 Å². The van der Waals surface area contributed by atoms with E-state index < -0.39 is 12.3 Å². The Morgan fingerprint density at radius 2 is 2.40 bits per heavy atom. The third-order valence-corrected chi connectivity index (χ3v) is 1.10. The number of rotatable bonds is 1. The lowest BCUT2D eigenvalue weighted by Crippen LogP contribution is -2.43. The fourth-order valence-electron chi connectivity index (χ4n) is 0.709. The number of carboxylic acid groups (broad SMARTS) is 1. The molecule has 1 saturated heterocycles. The minimum Gasteiger partial charge on any atom is -0.465 e. The molecule has 1 rings (SSSR count). The lowest BCUT2D eigenvalue weighted by atomic mass is 10.5. The van der Waals surface area contributed by atoms with Crippen LogP contribution in [0.1, 0.15) is 0 Å². The van der Waals surface area contributed by atoms with Gasteiger partial charge in [0, 0.05) is 0 Å². The van der Waals surface area contributed by atoms with Gasteiger partial charge >= 0.3 is 6.09 Å². The van der Waals surface area contributed by atoms with E-state index in [9.17, 15) is 4.79 Å². The van der Waals surface area contributed by atoms with Crippen LogP contribution in [0.5, 0.6) is 0 Å². The summed E-state index contributed by atoms with van der Waals surface area (Å²) in [5.74, 6) is 0. The van der Waals surface area contributed by atoms with Crippen molar-refractivity contribution in [3.8, 4) is 0 Å². The lowest BCUT2D eigenvalue weighted by Gasteiger charge is -2.22. The molecule has 0 aromatic heterocycles. The number of ether oxygens (including phenoxy) is 2. The molecule has 0 radical (unpaired) electrons. The molecule has 0 aromatic carbocycles. The maximum atomic E-state index is 10.0. The molecule has 2 N–H and O–H groups in total. The summed E-state index contributed by atoms with van der Waals surface area (Å²) in [6.07, 6.45) is -1.58. The zero-order valence-corrected chi connectivity index (χ0v) is 5.37. The third-order valence-electron chi connectivity index (χ3n) is 1.10. The molecule has 1 aliphatic heterocycles. The van der Waals surface area contributed by atoms with Crippen molar-refractivity contribution in [2.75, 3.05) is 19.8 Å². The topological polar surface area (TPSA) is 67.8 Å². The summed E-state index contributed by atoms with van der Waals surface area (Å²) < 4.78 is 9.90. The van der Waals surface area contributed by atoms with Gasteiger partial charge < -0.3 is 14.6 Å². The van der Waals surface area contributed by atoms with Gasteiger partial charge in [-0.05, 0) is 0 Å². The number of hydrogen-bond donors (Lipinski definition) is 2. The molecular weight excluding hydrogens is 138 g/mol. The Kier molecular flexibility index (Phi) is 2.47. The zero-order valence-electron chi connectivity index (χ0n) is 5.37. The van der Waals surface area contributed by atoms with E-state index in [-0.39, 0.29) is 0 Å². The average Bonchev–Trinajstić information content (AvgIpc) is 1.88. The van der Waals surface area contributed by atoms with E-state index in [4.69, 9.17) is 14.6 Å². The van der Waals surface area contributed by atoms with E-state index in [2.05, 4.69) is 5.32 Å². The van der Waals surface area contributed by atoms with Crippen molar-refractivity contribution in [1.29, 1.82) is 0 Å². The van der Waals surface area contributed by atoms with Crippen LogP contribution in [-0.4, -0.2) is 37.2 Å². The molecule has 1 unspecified atom stereocenters. The van der Waals surface area contributed by atoms with Crippen molar-refractivity contribution in [2.45, 2.75) is 6.23 Å². The van der Waals surface area contributed by atoms with Crippen LogP contribution in [0, 0.1) is 0 Å². The molecule has 1 heterocycles. The van der Waals surface area contributed by atoms with Gasteiger partial charge in [0.05, 0.1) is 19.8 Å². The van der Waals surface area contributed by atoms with Crippen LogP contribution in [0.3, 0.4) is 0 Å². The maximum Gasteiger partial charge on any atom is 0.406 e. The second-order valence-electron chi connectivity index (χ2n) is 1.88. The Bertz CT molecular complexity index is 121. The quantitative estimate of drug-likeness (QED) is 0.530. The summed E-state index contributed by atoms with van der Waals surface area (Å²) in [6.45, 7) is 1.29. The highest BCUT2D eigenvalue weighted by atomic mass is 16.6. The van der Waals surface area contributed by atoms with Gasteiger partial charge in [-0.2, -0.15) is 0 Å². The molecule has 0 spiro atoms. The van der Waals surface area contributed by atoms with E-state index in [0.29, 0.717) is 19.8 Å². The Morgan fingerprint density at radius 1 is 1.60 bits per heavy atom. The molecule has 58 valence electrons. The first-order chi connectivity index (χ1) is 4.79. The maximum absolute atomic E-state index is 10.0. The van der Waals surface area contributed by atoms with Crippen molar-refractivity contribution in [3.63, 3.8) is 0 Å². The Balaban J connectivity index is 2.19. The van der Waals surface area contributed by atoms with Gasteiger partial charge in [-0.3, -0.25) is 5.32 Å². The molecule has 0 aliphatic carbocycles. The highest BCUT2D eigenvalue weighted by molar-refractivity contribution is 5.64. The minimum atomic E-state index is -1.09. The van der Waals surface area contributed by atoms with Crippen LogP contribution in [0.15, 0.2) is 0 Å². The molecule has 5 nitrogen and oxygen atoms in total. The highest BCUT2D eigenvalue weighted by Gasteiger charge is 2.15. The van der Waals surface area contributed by atoms with Crippen LogP contribution >= 0.6 is 0 Å². The SMILES string of the molecule is O=C(O)NC1COCCO1. The fraction of sp³-hybridized carbons (Fsp3) is 0.800. The highest BCUT2D eigenvalue weighted by Crippen LogP contribution is 1.95. The average molecular weight is 147 g/mol. The van der Waals surface area contributed by atoms with E-state index in [1.165, 1.54) is 0 Å². The second-order valence-corrected chi connectivity index (χ2v) is 1.88. The summed E-state index contributed by atoms with van der Waals surface area (Å²) >= 11 is 0. The second kappa shape index (κ2) is 3.38. The summed E-state index contributed by atoms with van der Waals surface area (Å²) in [6, 6.07) is 0. The minimum absolute atomic E-state index is 0.298. The molecule has 1 fully saturated rings.